The fourth-order valence-electron chi connectivity index (χ4n) is 2.12. The zero-order valence-electron chi connectivity index (χ0n) is 12.3. The van der Waals surface area contributed by atoms with E-state index in [4.69, 9.17) is 0 Å². The lowest BCUT2D eigenvalue weighted by Gasteiger charge is -2.20. The summed E-state index contributed by atoms with van der Waals surface area (Å²) in [7, 11) is 1.97. The van der Waals surface area contributed by atoms with Crippen molar-refractivity contribution in [1.82, 2.24) is 20.1 Å². The van der Waals surface area contributed by atoms with Crippen LogP contribution in [0.25, 0.3) is 0 Å². The van der Waals surface area contributed by atoms with Crippen molar-refractivity contribution in [2.24, 2.45) is 7.05 Å². The molecule has 0 spiro atoms. The van der Waals surface area contributed by atoms with Crippen molar-refractivity contribution >= 4 is 11.8 Å². The summed E-state index contributed by atoms with van der Waals surface area (Å²) >= 11 is 1.67. The molecule has 108 valence electrons. The molecule has 5 heteroatoms. The number of aryl methyl sites for hydroxylation is 1. The first-order valence-electron chi connectivity index (χ1n) is 7.10. The minimum atomic E-state index is 0.395. The molecule has 0 fully saturated rings. The Kier molecular flexibility index (Phi) is 5.61. The van der Waals surface area contributed by atoms with Crippen LogP contribution in [-0.4, -0.2) is 21.3 Å². The van der Waals surface area contributed by atoms with Crippen LogP contribution in [0.4, 0.5) is 0 Å². The fraction of sp³-hybridized carbons (Fsp3) is 0.467. The van der Waals surface area contributed by atoms with Gasteiger partial charge < -0.3 is 9.88 Å². The van der Waals surface area contributed by atoms with E-state index in [1.165, 1.54) is 10.5 Å². The molecular weight excluding hydrogens is 268 g/mol. The molecule has 1 unspecified atom stereocenters. The van der Waals surface area contributed by atoms with Crippen LogP contribution in [0, 0.1) is 0 Å². The van der Waals surface area contributed by atoms with E-state index in [2.05, 4.69) is 53.6 Å². The Labute approximate surface area is 125 Å². The topological polar surface area (TPSA) is 42.7 Å². The molecule has 2 aromatic rings. The van der Waals surface area contributed by atoms with Gasteiger partial charge in [-0.15, -0.1) is 10.2 Å². The molecule has 0 aliphatic carbocycles. The van der Waals surface area contributed by atoms with Crippen LogP contribution in [-0.2, 0) is 7.05 Å². The Bertz CT molecular complexity index is 538. The Hall–Kier alpha value is -1.33. The average Bonchev–Trinajstić information content (AvgIpc) is 2.87. The monoisotopic (exact) mass is 290 g/mol. The smallest absolute Gasteiger partial charge is 0.195 e. The van der Waals surface area contributed by atoms with Gasteiger partial charge in [-0.2, -0.15) is 0 Å². The second kappa shape index (κ2) is 7.45. The molecule has 0 aliphatic heterocycles. The maximum atomic E-state index is 4.16. The van der Waals surface area contributed by atoms with Gasteiger partial charge in [-0.25, -0.2) is 0 Å². The van der Waals surface area contributed by atoms with Crippen molar-refractivity contribution in [3.8, 4) is 0 Å². The minimum Gasteiger partial charge on any atom is -0.311 e. The SMILES string of the molecule is CCCNC(CC)c1ccccc1Sc1nncn1C. The van der Waals surface area contributed by atoms with Crippen LogP contribution in [0.1, 0.15) is 38.3 Å². The maximum Gasteiger partial charge on any atom is 0.195 e. The summed E-state index contributed by atoms with van der Waals surface area (Å²) in [6.07, 6.45) is 3.96. The van der Waals surface area contributed by atoms with Crippen LogP contribution >= 0.6 is 11.8 Å². The molecular formula is C15H22N4S. The molecule has 2 rings (SSSR count). The van der Waals surface area contributed by atoms with Crippen molar-refractivity contribution in [2.45, 2.75) is 42.8 Å². The first-order chi connectivity index (χ1) is 9.76. The highest BCUT2D eigenvalue weighted by atomic mass is 32.2. The molecule has 1 aromatic heterocycles. The second-order valence-electron chi connectivity index (χ2n) is 4.78. The van der Waals surface area contributed by atoms with Gasteiger partial charge in [-0.1, -0.05) is 32.0 Å². The second-order valence-corrected chi connectivity index (χ2v) is 5.79. The Balaban J connectivity index is 2.23. The zero-order chi connectivity index (χ0) is 14.4. The van der Waals surface area contributed by atoms with Crippen LogP contribution in [0.5, 0.6) is 0 Å². The molecule has 0 saturated heterocycles. The Morgan fingerprint density at radius 3 is 2.75 bits per heavy atom. The van der Waals surface area contributed by atoms with E-state index in [0.717, 1.165) is 24.5 Å². The summed E-state index contributed by atoms with van der Waals surface area (Å²) in [6, 6.07) is 8.94. The highest BCUT2D eigenvalue weighted by Gasteiger charge is 2.14. The average molecular weight is 290 g/mol. The lowest BCUT2D eigenvalue weighted by molar-refractivity contribution is 0.512. The molecule has 0 aliphatic rings. The maximum absolute atomic E-state index is 4.16. The highest BCUT2D eigenvalue weighted by molar-refractivity contribution is 7.99. The summed E-state index contributed by atoms with van der Waals surface area (Å²) in [5.74, 6) is 0. The number of aromatic nitrogens is 3. The van der Waals surface area contributed by atoms with Gasteiger partial charge in [0.1, 0.15) is 6.33 Å². The van der Waals surface area contributed by atoms with E-state index in [0.29, 0.717) is 6.04 Å². The van der Waals surface area contributed by atoms with Crippen LogP contribution in [0.3, 0.4) is 0 Å². The molecule has 4 nitrogen and oxygen atoms in total. The third-order valence-corrected chi connectivity index (χ3v) is 4.36. The molecule has 0 radical (unpaired) electrons. The molecule has 20 heavy (non-hydrogen) atoms. The van der Waals surface area contributed by atoms with Gasteiger partial charge in [0, 0.05) is 18.0 Å². The minimum absolute atomic E-state index is 0.395. The molecule has 1 aromatic carbocycles. The predicted molar refractivity (Wildman–Crippen MR) is 82.9 cm³/mol. The van der Waals surface area contributed by atoms with Gasteiger partial charge in [0.15, 0.2) is 5.16 Å². The van der Waals surface area contributed by atoms with E-state index < -0.39 is 0 Å². The summed E-state index contributed by atoms with van der Waals surface area (Å²) in [4.78, 5) is 1.25. The molecule has 1 heterocycles. The summed E-state index contributed by atoms with van der Waals surface area (Å²) in [6.45, 7) is 5.46. The predicted octanol–water partition coefficient (Wildman–Crippen LogP) is 3.42. The fourth-order valence-corrected chi connectivity index (χ4v) is 3.07. The highest BCUT2D eigenvalue weighted by Crippen LogP contribution is 2.32. The summed E-state index contributed by atoms with van der Waals surface area (Å²) in [5, 5.41) is 12.6. The third kappa shape index (κ3) is 3.61. The van der Waals surface area contributed by atoms with Crippen LogP contribution in [0.15, 0.2) is 40.6 Å². The van der Waals surface area contributed by atoms with Gasteiger partial charge in [-0.05, 0) is 42.8 Å². The third-order valence-electron chi connectivity index (χ3n) is 3.21. The van der Waals surface area contributed by atoms with Gasteiger partial charge in [0.25, 0.3) is 0 Å². The lowest BCUT2D eigenvalue weighted by atomic mass is 10.0. The van der Waals surface area contributed by atoms with Gasteiger partial charge in [0.2, 0.25) is 0 Å². The number of nitrogens with one attached hydrogen (secondary N) is 1. The van der Waals surface area contributed by atoms with Crippen molar-refractivity contribution in [3.63, 3.8) is 0 Å². The zero-order valence-corrected chi connectivity index (χ0v) is 13.2. The molecule has 0 saturated carbocycles. The number of hydrogen-bond donors (Lipinski definition) is 1. The molecule has 0 bridgehead atoms. The quantitative estimate of drug-likeness (QED) is 0.848. The molecule has 1 atom stereocenters. The van der Waals surface area contributed by atoms with Crippen molar-refractivity contribution in [2.75, 3.05) is 6.54 Å². The van der Waals surface area contributed by atoms with Crippen molar-refractivity contribution < 1.29 is 0 Å². The normalized spacial score (nSPS) is 12.6. The van der Waals surface area contributed by atoms with Gasteiger partial charge >= 0.3 is 0 Å². The van der Waals surface area contributed by atoms with Crippen LogP contribution in [0.2, 0.25) is 0 Å². The van der Waals surface area contributed by atoms with E-state index in [1.54, 1.807) is 18.1 Å². The van der Waals surface area contributed by atoms with Crippen LogP contribution < -0.4 is 5.32 Å². The number of rotatable bonds is 7. The van der Waals surface area contributed by atoms with Gasteiger partial charge in [-0.3, -0.25) is 0 Å². The first kappa shape index (κ1) is 15.1. The first-order valence-corrected chi connectivity index (χ1v) is 7.92. The Morgan fingerprint density at radius 2 is 2.10 bits per heavy atom. The lowest BCUT2D eigenvalue weighted by Crippen LogP contribution is -2.22. The van der Waals surface area contributed by atoms with E-state index in [-0.39, 0.29) is 0 Å². The Morgan fingerprint density at radius 1 is 1.30 bits per heavy atom. The standard InChI is InChI=1S/C15H22N4S/c1-4-10-16-13(5-2)12-8-6-7-9-14(12)20-15-18-17-11-19(15)3/h6-9,11,13,16H,4-5,10H2,1-3H3. The van der Waals surface area contributed by atoms with E-state index in [9.17, 15) is 0 Å². The molecule has 1 N–H and O–H groups in total. The summed E-state index contributed by atoms with van der Waals surface area (Å²) in [5.41, 5.74) is 1.34. The van der Waals surface area contributed by atoms with Gasteiger partial charge in [0.05, 0.1) is 0 Å². The van der Waals surface area contributed by atoms with Crippen molar-refractivity contribution in [1.29, 1.82) is 0 Å². The molecule has 0 amide bonds. The van der Waals surface area contributed by atoms with E-state index >= 15 is 0 Å². The summed E-state index contributed by atoms with van der Waals surface area (Å²) < 4.78 is 1.95. The largest absolute Gasteiger partial charge is 0.311 e. The van der Waals surface area contributed by atoms with Crippen molar-refractivity contribution in [3.05, 3.63) is 36.2 Å². The number of nitrogens with zero attached hydrogens (tertiary/aromatic N) is 3. The number of hydrogen-bond acceptors (Lipinski definition) is 4. The van der Waals surface area contributed by atoms with E-state index in [1.807, 2.05) is 11.6 Å². The number of benzene rings is 1.